The number of benzene rings is 1. The van der Waals surface area contributed by atoms with Crippen molar-refractivity contribution in [3.63, 3.8) is 0 Å². The van der Waals surface area contributed by atoms with Crippen LogP contribution in [-0.4, -0.2) is 23.6 Å². The highest BCUT2D eigenvalue weighted by Gasteiger charge is 2.37. The van der Waals surface area contributed by atoms with Crippen molar-refractivity contribution in [2.45, 2.75) is 23.5 Å². The molecule has 3 heteroatoms. The van der Waals surface area contributed by atoms with Crippen LogP contribution in [0.3, 0.4) is 0 Å². The molecule has 3 heterocycles. The third kappa shape index (κ3) is 1.74. The molecule has 4 rings (SSSR count). The van der Waals surface area contributed by atoms with E-state index in [0.29, 0.717) is 6.54 Å². The fourth-order valence-corrected chi connectivity index (χ4v) is 3.85. The van der Waals surface area contributed by atoms with Gasteiger partial charge in [-0.15, -0.1) is 0 Å². The second kappa shape index (κ2) is 3.72. The highest BCUT2D eigenvalue weighted by Crippen LogP contribution is 2.42. The van der Waals surface area contributed by atoms with Crippen molar-refractivity contribution >= 4 is 17.4 Å². The summed E-state index contributed by atoms with van der Waals surface area (Å²) in [5.41, 5.74) is 8.25. The summed E-state index contributed by atoms with van der Waals surface area (Å²) in [5.74, 6) is 0. The van der Waals surface area contributed by atoms with E-state index in [1.165, 1.54) is 30.8 Å². The summed E-state index contributed by atoms with van der Waals surface area (Å²) in [5, 5.41) is 1.76. The molecule has 2 atom stereocenters. The maximum absolute atomic E-state index is 5.66. The predicted octanol–water partition coefficient (Wildman–Crippen LogP) is 1.84. The molecule has 3 aliphatic heterocycles. The summed E-state index contributed by atoms with van der Waals surface area (Å²) >= 11 is 2.16. The standard InChI is InChI=1S/C12H16N2S/c13-6-9-2-1-3-10(4-9)14-7-11-5-12(8-14)15-11/h1-4,11-12H,5-8,13H2. The van der Waals surface area contributed by atoms with Crippen LogP contribution in [-0.2, 0) is 6.54 Å². The molecule has 15 heavy (non-hydrogen) atoms. The van der Waals surface area contributed by atoms with Crippen molar-refractivity contribution < 1.29 is 0 Å². The van der Waals surface area contributed by atoms with E-state index in [-0.39, 0.29) is 0 Å². The first-order chi connectivity index (χ1) is 7.35. The summed E-state index contributed by atoms with van der Waals surface area (Å²) in [7, 11) is 0. The van der Waals surface area contributed by atoms with Crippen molar-refractivity contribution in [1.82, 2.24) is 0 Å². The Hall–Kier alpha value is -0.670. The number of nitrogens with two attached hydrogens (primary N) is 1. The molecule has 0 amide bonds. The highest BCUT2D eigenvalue weighted by molar-refractivity contribution is 8.02. The molecule has 0 spiro atoms. The molecule has 0 aliphatic carbocycles. The lowest BCUT2D eigenvalue weighted by Gasteiger charge is -2.47. The SMILES string of the molecule is NCc1cccc(N2CC3CC(C2)S3)c1. The molecule has 2 bridgehead atoms. The van der Waals surface area contributed by atoms with Crippen molar-refractivity contribution in [2.24, 2.45) is 5.73 Å². The first-order valence-corrected chi connectivity index (χ1v) is 6.49. The minimum atomic E-state index is 0.642. The van der Waals surface area contributed by atoms with E-state index in [0.717, 1.165) is 10.5 Å². The monoisotopic (exact) mass is 220 g/mol. The van der Waals surface area contributed by atoms with Gasteiger partial charge >= 0.3 is 0 Å². The lowest BCUT2D eigenvalue weighted by molar-refractivity contribution is 0.557. The molecule has 2 nitrogen and oxygen atoms in total. The van der Waals surface area contributed by atoms with E-state index in [2.05, 4.69) is 40.9 Å². The Kier molecular flexibility index (Phi) is 2.37. The molecule has 1 aromatic carbocycles. The molecule has 1 aromatic rings. The van der Waals surface area contributed by atoms with Gasteiger partial charge in [-0.1, -0.05) is 12.1 Å². The van der Waals surface area contributed by atoms with Gasteiger partial charge in [0.1, 0.15) is 0 Å². The van der Waals surface area contributed by atoms with Crippen LogP contribution in [0.2, 0.25) is 0 Å². The molecule has 2 N–H and O–H groups in total. The van der Waals surface area contributed by atoms with Crippen molar-refractivity contribution in [3.05, 3.63) is 29.8 Å². The van der Waals surface area contributed by atoms with Gasteiger partial charge in [0.15, 0.2) is 0 Å². The molecule has 2 unspecified atom stereocenters. The summed E-state index contributed by atoms with van der Waals surface area (Å²) in [6.07, 6.45) is 1.43. The van der Waals surface area contributed by atoms with Gasteiger partial charge in [-0.25, -0.2) is 0 Å². The van der Waals surface area contributed by atoms with Gasteiger partial charge in [0, 0.05) is 35.8 Å². The van der Waals surface area contributed by atoms with Gasteiger partial charge in [0.05, 0.1) is 0 Å². The van der Waals surface area contributed by atoms with Gasteiger partial charge in [0.2, 0.25) is 0 Å². The number of thioether (sulfide) groups is 1. The van der Waals surface area contributed by atoms with Gasteiger partial charge in [-0.3, -0.25) is 0 Å². The molecule has 80 valence electrons. The first-order valence-electron chi connectivity index (χ1n) is 5.54. The van der Waals surface area contributed by atoms with Gasteiger partial charge < -0.3 is 10.6 Å². The second-order valence-corrected chi connectivity index (χ2v) is 6.00. The molecule has 0 radical (unpaired) electrons. The Morgan fingerprint density at radius 3 is 2.73 bits per heavy atom. The quantitative estimate of drug-likeness (QED) is 0.824. The van der Waals surface area contributed by atoms with Crippen molar-refractivity contribution in [3.8, 4) is 0 Å². The summed E-state index contributed by atoms with van der Waals surface area (Å²) < 4.78 is 0. The zero-order chi connectivity index (χ0) is 10.3. The fraction of sp³-hybridized carbons (Fsp3) is 0.500. The molecule has 0 aromatic heterocycles. The maximum atomic E-state index is 5.66. The Bertz CT molecular complexity index is 350. The van der Waals surface area contributed by atoms with Gasteiger partial charge in [-0.05, 0) is 24.1 Å². The van der Waals surface area contributed by atoms with Crippen LogP contribution >= 0.6 is 11.8 Å². The number of fused-ring (bicyclic) bond motifs is 2. The average Bonchev–Trinajstić information content (AvgIpc) is 2.28. The third-order valence-corrected chi connectivity index (χ3v) is 4.72. The Balaban J connectivity index is 1.80. The molecule has 3 saturated heterocycles. The van der Waals surface area contributed by atoms with E-state index in [1.807, 2.05) is 0 Å². The number of rotatable bonds is 2. The molecule has 0 saturated carbocycles. The van der Waals surface area contributed by atoms with E-state index in [9.17, 15) is 0 Å². The minimum absolute atomic E-state index is 0.642. The van der Waals surface area contributed by atoms with E-state index in [1.54, 1.807) is 0 Å². The first kappa shape index (κ1) is 9.55. The fourth-order valence-electron chi connectivity index (χ4n) is 2.45. The van der Waals surface area contributed by atoms with Crippen LogP contribution in [0, 0.1) is 0 Å². The maximum Gasteiger partial charge on any atom is 0.0370 e. The van der Waals surface area contributed by atoms with Crippen molar-refractivity contribution in [1.29, 1.82) is 0 Å². The topological polar surface area (TPSA) is 29.3 Å². The second-order valence-electron chi connectivity index (χ2n) is 4.39. The molecular weight excluding hydrogens is 204 g/mol. The largest absolute Gasteiger partial charge is 0.369 e. The third-order valence-electron chi connectivity index (χ3n) is 3.27. The minimum Gasteiger partial charge on any atom is -0.369 e. The number of nitrogens with zero attached hydrogens (tertiary/aromatic N) is 1. The Morgan fingerprint density at radius 2 is 2.07 bits per heavy atom. The van der Waals surface area contributed by atoms with Crippen LogP contribution in [0.1, 0.15) is 12.0 Å². The zero-order valence-corrected chi connectivity index (χ0v) is 9.54. The van der Waals surface area contributed by atoms with Crippen LogP contribution in [0.25, 0.3) is 0 Å². The number of piperidine rings is 1. The molecule has 3 fully saturated rings. The lowest BCUT2D eigenvalue weighted by atomic mass is 10.1. The average molecular weight is 220 g/mol. The van der Waals surface area contributed by atoms with E-state index < -0.39 is 0 Å². The normalized spacial score (nSPS) is 28.7. The molecular formula is C12H16N2S. The van der Waals surface area contributed by atoms with E-state index in [4.69, 9.17) is 5.73 Å². The summed E-state index contributed by atoms with van der Waals surface area (Å²) in [6, 6.07) is 8.65. The highest BCUT2D eigenvalue weighted by atomic mass is 32.2. The lowest BCUT2D eigenvalue weighted by Crippen LogP contribution is -2.51. The van der Waals surface area contributed by atoms with Crippen LogP contribution in [0.15, 0.2) is 24.3 Å². The smallest absolute Gasteiger partial charge is 0.0370 e. The summed E-state index contributed by atoms with van der Waals surface area (Å²) in [6.45, 7) is 3.08. The number of hydrogen-bond donors (Lipinski definition) is 1. The van der Waals surface area contributed by atoms with Crippen LogP contribution < -0.4 is 10.6 Å². The number of hydrogen-bond acceptors (Lipinski definition) is 3. The zero-order valence-electron chi connectivity index (χ0n) is 8.73. The van der Waals surface area contributed by atoms with Gasteiger partial charge in [-0.2, -0.15) is 11.8 Å². The van der Waals surface area contributed by atoms with Crippen LogP contribution in [0.4, 0.5) is 5.69 Å². The van der Waals surface area contributed by atoms with Gasteiger partial charge in [0.25, 0.3) is 0 Å². The predicted molar refractivity (Wildman–Crippen MR) is 66.3 cm³/mol. The molecule has 3 aliphatic rings. The Labute approximate surface area is 94.8 Å². The summed E-state index contributed by atoms with van der Waals surface area (Å²) in [4.78, 5) is 2.51. The number of anilines is 1. The Morgan fingerprint density at radius 1 is 1.33 bits per heavy atom. The van der Waals surface area contributed by atoms with E-state index >= 15 is 0 Å². The van der Waals surface area contributed by atoms with Crippen molar-refractivity contribution in [2.75, 3.05) is 18.0 Å². The van der Waals surface area contributed by atoms with Crippen LogP contribution in [0.5, 0.6) is 0 Å².